The third kappa shape index (κ3) is 4.41. The minimum atomic E-state index is -0.318. The molecule has 1 aromatic carbocycles. The fourth-order valence-corrected chi connectivity index (χ4v) is 1.75. The molecule has 0 fully saturated rings. The van der Waals surface area contributed by atoms with Crippen LogP contribution in [-0.4, -0.2) is 17.1 Å². The van der Waals surface area contributed by atoms with Crippen molar-refractivity contribution in [3.63, 3.8) is 0 Å². The Bertz CT molecular complexity index is 526. The molecule has 98 valence electrons. The van der Waals surface area contributed by atoms with Crippen molar-refractivity contribution in [2.45, 2.75) is 33.3 Å². The Morgan fingerprint density at radius 3 is 2.50 bits per heavy atom. The van der Waals surface area contributed by atoms with Gasteiger partial charge in [-0.3, -0.25) is 4.79 Å². The lowest BCUT2D eigenvalue weighted by atomic mass is 10.2. The van der Waals surface area contributed by atoms with Gasteiger partial charge in [0, 0.05) is 11.6 Å². The van der Waals surface area contributed by atoms with Gasteiger partial charge in [-0.1, -0.05) is 11.6 Å². The van der Waals surface area contributed by atoms with Gasteiger partial charge in [-0.25, -0.2) is 0 Å². The molecule has 0 unspecified atom stereocenters. The lowest BCUT2D eigenvalue weighted by Gasteiger charge is -2.14. The zero-order chi connectivity index (χ0) is 13.8. The first kappa shape index (κ1) is 14.6. The van der Waals surface area contributed by atoms with Crippen LogP contribution in [0.2, 0.25) is 5.02 Å². The summed E-state index contributed by atoms with van der Waals surface area (Å²) in [4.78, 5) is 12.7. The summed E-state index contributed by atoms with van der Waals surface area (Å²) in [5, 5.41) is 1.97. The topological polar surface area (TPSA) is 42.1 Å². The van der Waals surface area contributed by atoms with E-state index in [1.165, 1.54) is 10.9 Å². The Morgan fingerprint density at radius 2 is 2.00 bits per heavy atom. The zero-order valence-corrected chi connectivity index (χ0v) is 11.8. The van der Waals surface area contributed by atoms with Crippen molar-refractivity contribution in [2.24, 2.45) is 0 Å². The number of benzene rings is 1. The smallest absolute Gasteiger partial charge is 0.293 e. The maximum absolute atomic E-state index is 9.60. The van der Waals surface area contributed by atoms with Crippen molar-refractivity contribution in [3.05, 3.63) is 35.0 Å². The Hall–Kier alpha value is -1.48. The van der Waals surface area contributed by atoms with Crippen molar-refractivity contribution in [1.29, 1.82) is 0 Å². The number of hydrogen-bond acceptors (Lipinski definition) is 2. The maximum atomic E-state index is 9.60. The first-order chi connectivity index (χ1) is 8.33. The lowest BCUT2D eigenvalue weighted by molar-refractivity contribution is -0.138. The number of halogens is 1. The number of nitrogens with one attached hydrogen (secondary N) is 1. The number of aromatic nitrogens is 1. The molecule has 1 aromatic heterocycles. The van der Waals surface area contributed by atoms with Gasteiger partial charge in [-0.05, 0) is 51.5 Å². The predicted octanol–water partition coefficient (Wildman–Crippen LogP) is 4.09. The minimum absolute atomic E-state index is 0.318. The molecule has 2 aromatic rings. The van der Waals surface area contributed by atoms with Crippen LogP contribution < -0.4 is 0 Å². The zero-order valence-electron chi connectivity index (χ0n) is 11.1. The molecular formula is C14H18ClNO2. The molecule has 1 N–H and O–H groups in total. The molecule has 0 atom stereocenters. The van der Waals surface area contributed by atoms with Crippen molar-refractivity contribution in [3.8, 4) is 0 Å². The molecule has 0 spiro atoms. The fraction of sp³-hybridized carbons (Fsp3) is 0.357. The number of carbonyl (C=O) groups excluding carboxylic acids is 1. The van der Waals surface area contributed by atoms with E-state index in [4.69, 9.17) is 11.6 Å². The second kappa shape index (κ2) is 5.91. The van der Waals surface area contributed by atoms with Gasteiger partial charge in [-0.15, -0.1) is 0 Å². The summed E-state index contributed by atoms with van der Waals surface area (Å²) in [5.41, 5.74) is 1.90. The van der Waals surface area contributed by atoms with Gasteiger partial charge < -0.3 is 9.72 Å². The van der Waals surface area contributed by atoms with Crippen LogP contribution in [0, 0.1) is 6.92 Å². The van der Waals surface area contributed by atoms with E-state index in [0.717, 1.165) is 10.5 Å². The third-order valence-corrected chi connectivity index (χ3v) is 2.46. The quantitative estimate of drug-likeness (QED) is 0.791. The highest BCUT2D eigenvalue weighted by Crippen LogP contribution is 2.23. The average molecular weight is 268 g/mol. The standard InChI is InChI=1S/C9H8ClN.C5H10O2/c1-6-4-7-2-3-11-9(7)8(10)5-6;1-5(2,3)7-4-6/h2-5,11H,1H3;4H,1-3H3. The molecule has 18 heavy (non-hydrogen) atoms. The monoisotopic (exact) mass is 267 g/mol. The molecule has 0 saturated carbocycles. The van der Waals surface area contributed by atoms with Crippen LogP contribution >= 0.6 is 11.6 Å². The molecule has 0 aliphatic rings. The van der Waals surface area contributed by atoms with Crippen molar-refractivity contribution < 1.29 is 9.53 Å². The molecule has 3 nitrogen and oxygen atoms in total. The highest BCUT2D eigenvalue weighted by molar-refractivity contribution is 6.35. The summed E-state index contributed by atoms with van der Waals surface area (Å²) in [7, 11) is 0. The average Bonchev–Trinajstić information content (AvgIpc) is 2.64. The van der Waals surface area contributed by atoms with Gasteiger partial charge in [0.15, 0.2) is 0 Å². The molecule has 0 radical (unpaired) electrons. The molecule has 2 rings (SSSR count). The Morgan fingerprint density at radius 1 is 1.33 bits per heavy atom. The number of H-pyrrole nitrogens is 1. The van der Waals surface area contributed by atoms with Crippen molar-refractivity contribution in [1.82, 2.24) is 4.98 Å². The van der Waals surface area contributed by atoms with Crippen LogP contribution in [0.5, 0.6) is 0 Å². The third-order valence-electron chi connectivity index (χ3n) is 2.16. The second-order valence-corrected chi connectivity index (χ2v) is 5.42. The molecule has 0 bridgehead atoms. The predicted molar refractivity (Wildman–Crippen MR) is 74.9 cm³/mol. The summed E-state index contributed by atoms with van der Waals surface area (Å²) in [5.74, 6) is 0. The van der Waals surface area contributed by atoms with Gasteiger partial charge in [0.2, 0.25) is 0 Å². The summed E-state index contributed by atoms with van der Waals surface area (Å²) in [6, 6.07) is 6.09. The Balaban J connectivity index is 0.000000203. The summed E-state index contributed by atoms with van der Waals surface area (Å²) in [6.45, 7) is 7.96. The largest absolute Gasteiger partial charge is 0.462 e. The van der Waals surface area contributed by atoms with Crippen LogP contribution in [0.15, 0.2) is 24.4 Å². The van der Waals surface area contributed by atoms with Gasteiger partial charge in [-0.2, -0.15) is 0 Å². The van der Waals surface area contributed by atoms with E-state index in [-0.39, 0.29) is 5.60 Å². The molecule has 1 heterocycles. The number of aromatic amines is 1. The van der Waals surface area contributed by atoms with E-state index >= 15 is 0 Å². The number of rotatable bonds is 1. The first-order valence-corrected chi connectivity index (χ1v) is 6.06. The van der Waals surface area contributed by atoms with E-state index in [9.17, 15) is 4.79 Å². The lowest BCUT2D eigenvalue weighted by Crippen LogP contribution is -2.17. The van der Waals surface area contributed by atoms with E-state index in [1.807, 2.05) is 46.0 Å². The molecule has 0 saturated heterocycles. The molecule has 4 heteroatoms. The maximum Gasteiger partial charge on any atom is 0.293 e. The summed E-state index contributed by atoms with van der Waals surface area (Å²) in [6.07, 6.45) is 1.90. The van der Waals surface area contributed by atoms with Crippen LogP contribution in [0.25, 0.3) is 10.9 Å². The molecule has 0 aliphatic carbocycles. The molecule has 0 aliphatic heterocycles. The van der Waals surface area contributed by atoms with Gasteiger partial charge in [0.05, 0.1) is 10.5 Å². The van der Waals surface area contributed by atoms with Crippen LogP contribution in [0.4, 0.5) is 0 Å². The number of ether oxygens (including phenoxy) is 1. The van der Waals surface area contributed by atoms with E-state index in [1.54, 1.807) is 0 Å². The summed E-state index contributed by atoms with van der Waals surface area (Å²) >= 11 is 5.97. The van der Waals surface area contributed by atoms with Crippen LogP contribution in [0.3, 0.4) is 0 Å². The highest BCUT2D eigenvalue weighted by Gasteiger charge is 2.07. The Kier molecular flexibility index (Phi) is 4.79. The summed E-state index contributed by atoms with van der Waals surface area (Å²) < 4.78 is 4.55. The van der Waals surface area contributed by atoms with Gasteiger partial charge in [0.25, 0.3) is 6.47 Å². The van der Waals surface area contributed by atoms with Crippen LogP contribution in [-0.2, 0) is 9.53 Å². The SMILES string of the molecule is CC(C)(C)OC=O.Cc1cc(Cl)c2[nH]ccc2c1. The van der Waals surface area contributed by atoms with Crippen molar-refractivity contribution >= 4 is 29.0 Å². The van der Waals surface area contributed by atoms with Crippen LogP contribution in [0.1, 0.15) is 26.3 Å². The number of aryl methyl sites for hydroxylation is 1. The number of fused-ring (bicyclic) bond motifs is 1. The number of hydrogen-bond donors (Lipinski definition) is 1. The Labute approximate surface area is 112 Å². The first-order valence-electron chi connectivity index (χ1n) is 5.68. The van der Waals surface area contributed by atoms with E-state index in [0.29, 0.717) is 6.47 Å². The highest BCUT2D eigenvalue weighted by atomic mass is 35.5. The molecule has 0 amide bonds. The van der Waals surface area contributed by atoms with Crippen molar-refractivity contribution in [2.75, 3.05) is 0 Å². The van der Waals surface area contributed by atoms with Gasteiger partial charge >= 0.3 is 0 Å². The normalized spacial score (nSPS) is 10.7. The fourth-order valence-electron chi connectivity index (χ4n) is 1.41. The minimum Gasteiger partial charge on any atom is -0.462 e. The second-order valence-electron chi connectivity index (χ2n) is 5.02. The number of carbonyl (C=O) groups is 1. The van der Waals surface area contributed by atoms with Gasteiger partial charge in [0.1, 0.15) is 5.60 Å². The molecular weight excluding hydrogens is 250 g/mol. The van der Waals surface area contributed by atoms with E-state index in [2.05, 4.69) is 15.8 Å². The van der Waals surface area contributed by atoms with E-state index < -0.39 is 0 Å².